The van der Waals surface area contributed by atoms with Crippen molar-refractivity contribution in [3.63, 3.8) is 0 Å². The number of nitrogens with zero attached hydrogens (tertiary/aromatic N) is 5. The maximum atomic E-state index is 13.5. The minimum atomic E-state index is -2.68. The van der Waals surface area contributed by atoms with Gasteiger partial charge in [0.1, 0.15) is 12.0 Å². The Balaban J connectivity index is 1.44. The zero-order valence-electron chi connectivity index (χ0n) is 17.9. The molecule has 0 spiro atoms. The molecule has 3 aromatic rings. The number of hydrogen-bond acceptors (Lipinski definition) is 6. The van der Waals surface area contributed by atoms with Gasteiger partial charge in [0.15, 0.2) is 17.6 Å². The molecule has 1 atom stereocenters. The smallest absolute Gasteiger partial charge is 0.280 e. The van der Waals surface area contributed by atoms with Crippen LogP contribution < -0.4 is 9.47 Å². The molecule has 2 aromatic heterocycles. The fourth-order valence-corrected chi connectivity index (χ4v) is 4.00. The van der Waals surface area contributed by atoms with Crippen LogP contribution in [0, 0.1) is 0 Å². The van der Waals surface area contributed by atoms with Crippen molar-refractivity contribution in [2.45, 2.75) is 44.6 Å². The van der Waals surface area contributed by atoms with E-state index < -0.39 is 12.5 Å². The summed E-state index contributed by atoms with van der Waals surface area (Å²) in [5.41, 5.74) is 0.336. The summed E-state index contributed by atoms with van der Waals surface area (Å²) in [6.45, 7) is 2.89. The normalized spacial score (nSPS) is 15.8. The molecule has 1 aliphatic heterocycles. The van der Waals surface area contributed by atoms with Crippen molar-refractivity contribution >= 4 is 11.7 Å². The van der Waals surface area contributed by atoms with E-state index >= 15 is 0 Å². The average Bonchev–Trinajstić information content (AvgIpc) is 3.30. The quantitative estimate of drug-likeness (QED) is 0.552. The van der Waals surface area contributed by atoms with Crippen molar-refractivity contribution in [3.05, 3.63) is 48.0 Å². The first-order valence-electron chi connectivity index (χ1n) is 10.6. The minimum absolute atomic E-state index is 0.0338. The van der Waals surface area contributed by atoms with Crippen LogP contribution in [0.3, 0.4) is 0 Å². The molecule has 8 nitrogen and oxygen atoms in total. The Morgan fingerprint density at radius 2 is 1.94 bits per heavy atom. The van der Waals surface area contributed by atoms with Gasteiger partial charge >= 0.3 is 0 Å². The number of carbonyl (C=O) groups excluding carboxylic acids is 1. The summed E-state index contributed by atoms with van der Waals surface area (Å²) in [5.74, 6) is 1.13. The minimum Gasteiger partial charge on any atom is -0.493 e. The van der Waals surface area contributed by atoms with Crippen molar-refractivity contribution < 1.29 is 23.0 Å². The molecule has 1 amide bonds. The van der Waals surface area contributed by atoms with Crippen LogP contribution in [0.4, 0.5) is 8.78 Å². The molecule has 1 aliphatic rings. The Kier molecular flexibility index (Phi) is 6.48. The molecule has 0 N–H and O–H groups in total. The highest BCUT2D eigenvalue weighted by Crippen LogP contribution is 2.31. The molecule has 10 heteroatoms. The number of likely N-dealkylation sites (tertiary alicyclic amines) is 1. The lowest BCUT2D eigenvalue weighted by Gasteiger charge is -2.34. The molecule has 0 radical (unpaired) electrons. The number of halogens is 2. The summed E-state index contributed by atoms with van der Waals surface area (Å²) >= 11 is 0. The van der Waals surface area contributed by atoms with Crippen molar-refractivity contribution in [1.82, 2.24) is 24.5 Å². The first-order chi connectivity index (χ1) is 15.5. The van der Waals surface area contributed by atoms with Crippen LogP contribution >= 0.6 is 0 Å². The topological polar surface area (TPSA) is 81.9 Å². The molecule has 4 rings (SSSR count). The monoisotopic (exact) mass is 445 g/mol. The van der Waals surface area contributed by atoms with E-state index in [1.807, 2.05) is 19.1 Å². The summed E-state index contributed by atoms with van der Waals surface area (Å²) in [4.78, 5) is 23.2. The number of alkyl halides is 2. The maximum absolute atomic E-state index is 13.5. The second-order valence-electron chi connectivity index (χ2n) is 7.64. The number of ether oxygens (including phenoxy) is 2. The summed E-state index contributed by atoms with van der Waals surface area (Å²) < 4.78 is 39.3. The SMILES string of the molecule is CCC(Oc1ccccc1OC)C(=O)N1CCC(c2cc(C(F)F)n3ncnc3n2)CC1. The van der Waals surface area contributed by atoms with Gasteiger partial charge in [-0.25, -0.2) is 13.8 Å². The van der Waals surface area contributed by atoms with Gasteiger partial charge in [-0.15, -0.1) is 0 Å². The molecule has 0 bridgehead atoms. The van der Waals surface area contributed by atoms with Crippen LogP contribution in [-0.2, 0) is 4.79 Å². The van der Waals surface area contributed by atoms with Gasteiger partial charge in [-0.1, -0.05) is 19.1 Å². The molecule has 170 valence electrons. The fourth-order valence-electron chi connectivity index (χ4n) is 4.00. The third kappa shape index (κ3) is 4.35. The van der Waals surface area contributed by atoms with Gasteiger partial charge in [0.05, 0.1) is 7.11 Å². The van der Waals surface area contributed by atoms with Crippen LogP contribution in [-0.4, -0.2) is 56.7 Å². The van der Waals surface area contributed by atoms with Crippen LogP contribution in [0.25, 0.3) is 5.78 Å². The number of carbonyl (C=O) groups is 1. The number of hydrogen-bond donors (Lipinski definition) is 0. The zero-order chi connectivity index (χ0) is 22.7. The lowest BCUT2D eigenvalue weighted by Crippen LogP contribution is -2.45. The van der Waals surface area contributed by atoms with E-state index in [9.17, 15) is 13.6 Å². The summed E-state index contributed by atoms with van der Waals surface area (Å²) in [5, 5.41) is 3.82. The molecule has 3 heterocycles. The number of amides is 1. The third-order valence-electron chi connectivity index (χ3n) is 5.73. The van der Waals surface area contributed by atoms with E-state index in [4.69, 9.17) is 9.47 Å². The molecule has 1 aromatic carbocycles. The van der Waals surface area contributed by atoms with Crippen molar-refractivity contribution in [1.29, 1.82) is 0 Å². The lowest BCUT2D eigenvalue weighted by molar-refractivity contribution is -0.140. The first-order valence-corrected chi connectivity index (χ1v) is 10.6. The predicted octanol–water partition coefficient (Wildman–Crippen LogP) is 3.63. The van der Waals surface area contributed by atoms with Crippen LogP contribution in [0.15, 0.2) is 36.7 Å². The van der Waals surface area contributed by atoms with Gasteiger partial charge in [-0.3, -0.25) is 4.79 Å². The van der Waals surface area contributed by atoms with Gasteiger partial charge < -0.3 is 14.4 Å². The number of piperidine rings is 1. The average molecular weight is 445 g/mol. The van der Waals surface area contributed by atoms with Crippen molar-refractivity contribution in [2.24, 2.45) is 0 Å². The molecule has 0 aliphatic carbocycles. The highest BCUT2D eigenvalue weighted by atomic mass is 19.3. The number of fused-ring (bicyclic) bond motifs is 1. The maximum Gasteiger partial charge on any atom is 0.280 e. The van der Waals surface area contributed by atoms with E-state index in [2.05, 4.69) is 15.1 Å². The van der Waals surface area contributed by atoms with Gasteiger partial charge in [-0.2, -0.15) is 14.6 Å². The van der Waals surface area contributed by atoms with Crippen LogP contribution in [0.2, 0.25) is 0 Å². The van der Waals surface area contributed by atoms with E-state index in [0.717, 1.165) is 4.52 Å². The van der Waals surface area contributed by atoms with Gasteiger partial charge in [0.2, 0.25) is 0 Å². The second kappa shape index (κ2) is 9.46. The van der Waals surface area contributed by atoms with Crippen molar-refractivity contribution in [3.8, 4) is 11.5 Å². The van der Waals surface area contributed by atoms with E-state index in [-0.39, 0.29) is 23.3 Å². The lowest BCUT2D eigenvalue weighted by atomic mass is 9.92. The molecule has 1 unspecified atom stereocenters. The van der Waals surface area contributed by atoms with Crippen molar-refractivity contribution in [2.75, 3.05) is 20.2 Å². The first kappa shape index (κ1) is 21.9. The van der Waals surface area contributed by atoms with Crippen LogP contribution in [0.1, 0.15) is 49.9 Å². The zero-order valence-corrected chi connectivity index (χ0v) is 17.9. The Morgan fingerprint density at radius 1 is 1.22 bits per heavy atom. The third-order valence-corrected chi connectivity index (χ3v) is 5.73. The molecular formula is C22H25F2N5O3. The Morgan fingerprint density at radius 3 is 2.59 bits per heavy atom. The highest BCUT2D eigenvalue weighted by molar-refractivity contribution is 5.81. The molecule has 32 heavy (non-hydrogen) atoms. The Labute approximate surface area is 184 Å². The predicted molar refractivity (Wildman–Crippen MR) is 112 cm³/mol. The highest BCUT2D eigenvalue weighted by Gasteiger charge is 2.31. The second-order valence-corrected chi connectivity index (χ2v) is 7.64. The summed E-state index contributed by atoms with van der Waals surface area (Å²) in [6.07, 6.45) is -0.335. The fraction of sp³-hybridized carbons (Fsp3) is 0.455. The molecule has 1 fully saturated rings. The molecule has 0 saturated carbocycles. The number of benzene rings is 1. The number of para-hydroxylation sites is 2. The van der Waals surface area contributed by atoms with Gasteiger partial charge in [-0.05, 0) is 37.5 Å². The van der Waals surface area contributed by atoms with E-state index in [0.29, 0.717) is 49.5 Å². The van der Waals surface area contributed by atoms with E-state index in [1.54, 1.807) is 24.1 Å². The van der Waals surface area contributed by atoms with E-state index in [1.165, 1.54) is 12.4 Å². The van der Waals surface area contributed by atoms with Gasteiger partial charge in [0, 0.05) is 24.7 Å². The number of aromatic nitrogens is 4. The number of rotatable bonds is 7. The Hall–Kier alpha value is -3.30. The van der Waals surface area contributed by atoms with Crippen LogP contribution in [0.5, 0.6) is 11.5 Å². The molecular weight excluding hydrogens is 420 g/mol. The van der Waals surface area contributed by atoms with Gasteiger partial charge in [0.25, 0.3) is 18.1 Å². The summed E-state index contributed by atoms with van der Waals surface area (Å²) in [6, 6.07) is 8.62. The molecule has 1 saturated heterocycles. The number of methoxy groups -OCH3 is 1. The summed E-state index contributed by atoms with van der Waals surface area (Å²) in [7, 11) is 1.56. The standard InChI is InChI=1S/C22H25F2N5O3/c1-3-17(32-19-7-5-4-6-18(19)31-2)21(30)28-10-8-14(9-11-28)15-12-16(20(23)24)29-22(27-15)25-13-26-29/h4-7,12-14,17,20H,3,8-11H2,1-2H3. The largest absolute Gasteiger partial charge is 0.493 e. The Bertz CT molecular complexity index is 1080.